The van der Waals surface area contributed by atoms with Crippen LogP contribution in [0.25, 0.3) is 0 Å². The number of rotatable bonds is 4. The zero-order valence-electron chi connectivity index (χ0n) is 9.37. The van der Waals surface area contributed by atoms with Gasteiger partial charge in [0.25, 0.3) is 0 Å². The molecule has 2 nitrogen and oxygen atoms in total. The van der Waals surface area contributed by atoms with Gasteiger partial charge in [0, 0.05) is 0 Å². The maximum Gasteiger partial charge on any atom is -0.000501 e. The minimum atomic E-state index is 0.787. The highest BCUT2D eigenvalue weighted by Gasteiger charge is 2.26. The molecule has 0 saturated carbocycles. The van der Waals surface area contributed by atoms with E-state index in [0.717, 1.165) is 18.4 Å². The summed E-state index contributed by atoms with van der Waals surface area (Å²) in [6, 6.07) is 10.8. The summed E-state index contributed by atoms with van der Waals surface area (Å²) in [7, 11) is 2.04. The van der Waals surface area contributed by atoms with E-state index in [9.17, 15) is 0 Å². The zero-order chi connectivity index (χ0) is 10.5. The smallest absolute Gasteiger partial charge is 0.000501 e. The predicted octanol–water partition coefficient (Wildman–Crippen LogP) is 1.28. The third-order valence-electron chi connectivity index (χ3n) is 3.29. The van der Waals surface area contributed by atoms with E-state index in [0.29, 0.717) is 0 Å². The third kappa shape index (κ3) is 2.80. The first-order valence-corrected chi connectivity index (χ1v) is 5.79. The minimum absolute atomic E-state index is 0.787. The van der Waals surface area contributed by atoms with Gasteiger partial charge in [0.15, 0.2) is 0 Å². The molecule has 2 N–H and O–H groups in total. The summed E-state index contributed by atoms with van der Waals surface area (Å²) in [5.74, 6) is 1.58. The number of nitrogens with one attached hydrogen (secondary N) is 2. The standard InChI is InChI=1S/C13H20N2/c1-14-8-13-10-15-9-12(13)7-11-5-3-2-4-6-11/h2-6,12-15H,7-10H2,1H3/t12-,13-/m1/s1. The van der Waals surface area contributed by atoms with E-state index in [-0.39, 0.29) is 0 Å². The second-order valence-corrected chi connectivity index (χ2v) is 4.43. The van der Waals surface area contributed by atoms with E-state index in [1.165, 1.54) is 25.1 Å². The predicted molar refractivity (Wildman–Crippen MR) is 63.9 cm³/mol. The highest BCUT2D eigenvalue weighted by atomic mass is 14.9. The topological polar surface area (TPSA) is 24.1 Å². The van der Waals surface area contributed by atoms with Crippen molar-refractivity contribution in [2.45, 2.75) is 6.42 Å². The molecule has 82 valence electrons. The van der Waals surface area contributed by atoms with E-state index in [1.807, 2.05) is 7.05 Å². The van der Waals surface area contributed by atoms with Crippen LogP contribution in [0, 0.1) is 11.8 Å². The Hall–Kier alpha value is -0.860. The molecule has 1 heterocycles. The van der Waals surface area contributed by atoms with Crippen molar-refractivity contribution >= 4 is 0 Å². The van der Waals surface area contributed by atoms with Gasteiger partial charge in [-0.15, -0.1) is 0 Å². The fourth-order valence-corrected chi connectivity index (χ4v) is 2.44. The first kappa shape index (κ1) is 10.7. The van der Waals surface area contributed by atoms with Gasteiger partial charge in [0.05, 0.1) is 0 Å². The van der Waals surface area contributed by atoms with Crippen molar-refractivity contribution in [2.24, 2.45) is 11.8 Å². The van der Waals surface area contributed by atoms with Gasteiger partial charge in [0.2, 0.25) is 0 Å². The molecule has 1 saturated heterocycles. The SMILES string of the molecule is CNC[C@@H]1CNC[C@H]1Cc1ccccc1. The highest BCUT2D eigenvalue weighted by Crippen LogP contribution is 2.20. The lowest BCUT2D eigenvalue weighted by Crippen LogP contribution is -2.26. The maximum absolute atomic E-state index is 3.49. The molecule has 0 spiro atoms. The van der Waals surface area contributed by atoms with Crippen LogP contribution >= 0.6 is 0 Å². The quantitative estimate of drug-likeness (QED) is 0.772. The minimum Gasteiger partial charge on any atom is -0.319 e. The molecule has 0 bridgehead atoms. The van der Waals surface area contributed by atoms with Crippen molar-refractivity contribution < 1.29 is 0 Å². The van der Waals surface area contributed by atoms with Crippen molar-refractivity contribution in [3.63, 3.8) is 0 Å². The van der Waals surface area contributed by atoms with Crippen molar-refractivity contribution in [2.75, 3.05) is 26.7 Å². The Morgan fingerprint density at radius 1 is 1.20 bits per heavy atom. The summed E-state index contributed by atoms with van der Waals surface area (Å²) in [5, 5.41) is 6.77. The average Bonchev–Trinajstić information content (AvgIpc) is 2.68. The zero-order valence-corrected chi connectivity index (χ0v) is 9.37. The summed E-state index contributed by atoms with van der Waals surface area (Å²) in [6.07, 6.45) is 1.21. The van der Waals surface area contributed by atoms with Crippen LogP contribution in [0.5, 0.6) is 0 Å². The van der Waals surface area contributed by atoms with Crippen LogP contribution in [0.4, 0.5) is 0 Å². The molecule has 1 aromatic rings. The van der Waals surface area contributed by atoms with Gasteiger partial charge >= 0.3 is 0 Å². The van der Waals surface area contributed by atoms with E-state index in [4.69, 9.17) is 0 Å². The largest absolute Gasteiger partial charge is 0.319 e. The Morgan fingerprint density at radius 2 is 1.93 bits per heavy atom. The van der Waals surface area contributed by atoms with Gasteiger partial charge in [-0.3, -0.25) is 0 Å². The lowest BCUT2D eigenvalue weighted by molar-refractivity contribution is 0.404. The summed E-state index contributed by atoms with van der Waals surface area (Å²) in [4.78, 5) is 0. The van der Waals surface area contributed by atoms with E-state index in [1.54, 1.807) is 0 Å². The van der Waals surface area contributed by atoms with Crippen molar-refractivity contribution in [1.29, 1.82) is 0 Å². The molecule has 0 aromatic heterocycles. The molecular formula is C13H20N2. The Bertz CT molecular complexity index is 284. The fourth-order valence-electron chi connectivity index (χ4n) is 2.44. The second kappa shape index (κ2) is 5.29. The van der Waals surface area contributed by atoms with Crippen molar-refractivity contribution in [1.82, 2.24) is 10.6 Å². The van der Waals surface area contributed by atoms with Crippen LogP contribution in [0.15, 0.2) is 30.3 Å². The Labute approximate surface area is 92.1 Å². The monoisotopic (exact) mass is 204 g/mol. The molecule has 0 aliphatic carbocycles. The Balaban J connectivity index is 1.93. The molecule has 15 heavy (non-hydrogen) atoms. The molecule has 2 atom stereocenters. The number of hydrogen-bond acceptors (Lipinski definition) is 2. The first-order valence-electron chi connectivity index (χ1n) is 5.79. The molecule has 2 heteroatoms. The van der Waals surface area contributed by atoms with Gasteiger partial charge in [-0.2, -0.15) is 0 Å². The van der Waals surface area contributed by atoms with Crippen LogP contribution in [0.1, 0.15) is 5.56 Å². The molecule has 0 radical (unpaired) electrons. The Morgan fingerprint density at radius 3 is 2.67 bits per heavy atom. The highest BCUT2D eigenvalue weighted by molar-refractivity contribution is 5.15. The number of benzene rings is 1. The summed E-state index contributed by atoms with van der Waals surface area (Å²) in [6.45, 7) is 3.46. The van der Waals surface area contributed by atoms with E-state index >= 15 is 0 Å². The summed E-state index contributed by atoms with van der Waals surface area (Å²) >= 11 is 0. The van der Waals surface area contributed by atoms with Crippen LogP contribution in [0.2, 0.25) is 0 Å². The third-order valence-corrected chi connectivity index (χ3v) is 3.29. The molecule has 1 aliphatic heterocycles. The van der Waals surface area contributed by atoms with Gasteiger partial charge in [-0.05, 0) is 50.5 Å². The van der Waals surface area contributed by atoms with Gasteiger partial charge < -0.3 is 10.6 Å². The fraction of sp³-hybridized carbons (Fsp3) is 0.538. The molecule has 0 amide bonds. The summed E-state index contributed by atoms with van der Waals surface area (Å²) in [5.41, 5.74) is 1.47. The lowest BCUT2D eigenvalue weighted by atomic mass is 9.90. The van der Waals surface area contributed by atoms with Crippen LogP contribution in [-0.2, 0) is 6.42 Å². The second-order valence-electron chi connectivity index (χ2n) is 4.43. The first-order chi connectivity index (χ1) is 7.40. The average molecular weight is 204 g/mol. The van der Waals surface area contributed by atoms with Crippen molar-refractivity contribution in [3.05, 3.63) is 35.9 Å². The van der Waals surface area contributed by atoms with Gasteiger partial charge in [-0.1, -0.05) is 30.3 Å². The maximum atomic E-state index is 3.49. The summed E-state index contributed by atoms with van der Waals surface area (Å²) < 4.78 is 0. The van der Waals surface area contributed by atoms with E-state index in [2.05, 4.69) is 41.0 Å². The van der Waals surface area contributed by atoms with E-state index < -0.39 is 0 Å². The normalized spacial score (nSPS) is 25.7. The van der Waals surface area contributed by atoms with Crippen LogP contribution in [0.3, 0.4) is 0 Å². The van der Waals surface area contributed by atoms with Crippen LogP contribution in [-0.4, -0.2) is 26.7 Å². The molecule has 1 aliphatic rings. The lowest BCUT2D eigenvalue weighted by Gasteiger charge is -2.17. The molecule has 0 unspecified atom stereocenters. The van der Waals surface area contributed by atoms with Crippen molar-refractivity contribution in [3.8, 4) is 0 Å². The number of hydrogen-bond donors (Lipinski definition) is 2. The molecule has 1 fully saturated rings. The van der Waals surface area contributed by atoms with Gasteiger partial charge in [-0.25, -0.2) is 0 Å². The molecule has 2 rings (SSSR count). The van der Waals surface area contributed by atoms with Crippen LogP contribution < -0.4 is 10.6 Å². The molecular weight excluding hydrogens is 184 g/mol. The molecule has 1 aromatic carbocycles. The Kier molecular flexibility index (Phi) is 3.75. The van der Waals surface area contributed by atoms with Gasteiger partial charge in [0.1, 0.15) is 0 Å².